The Morgan fingerprint density at radius 2 is 1.67 bits per heavy atom. The summed E-state index contributed by atoms with van der Waals surface area (Å²) in [4.78, 5) is 12.6. The van der Waals surface area contributed by atoms with Crippen LogP contribution in [0.3, 0.4) is 0 Å². The van der Waals surface area contributed by atoms with Crippen LogP contribution in [0.15, 0.2) is 84.0 Å². The van der Waals surface area contributed by atoms with Gasteiger partial charge in [-0.2, -0.15) is 5.10 Å². The van der Waals surface area contributed by atoms with Gasteiger partial charge in [0, 0.05) is 0 Å². The molecule has 0 atom stereocenters. The zero-order chi connectivity index (χ0) is 23.2. The summed E-state index contributed by atoms with van der Waals surface area (Å²) in [6.07, 6.45) is 1.56. The van der Waals surface area contributed by atoms with Gasteiger partial charge in [0.05, 0.1) is 28.9 Å². The summed E-state index contributed by atoms with van der Waals surface area (Å²) >= 11 is 12.0. The number of nitrogens with zero attached hydrogens (tertiary/aromatic N) is 1. The number of halogens is 2. The van der Waals surface area contributed by atoms with Gasteiger partial charge < -0.3 is 9.47 Å². The molecule has 4 aromatic carbocycles. The molecule has 0 unspecified atom stereocenters. The molecule has 4 aromatic rings. The van der Waals surface area contributed by atoms with Crippen LogP contribution in [0.2, 0.25) is 10.0 Å². The van der Waals surface area contributed by atoms with Crippen LogP contribution in [0, 0.1) is 0 Å². The van der Waals surface area contributed by atoms with Gasteiger partial charge in [-0.15, -0.1) is 0 Å². The van der Waals surface area contributed by atoms with Gasteiger partial charge in [0.2, 0.25) is 0 Å². The van der Waals surface area contributed by atoms with Crippen LogP contribution in [0.1, 0.15) is 21.5 Å². The van der Waals surface area contributed by atoms with Crippen LogP contribution < -0.4 is 14.9 Å². The first-order valence-electron chi connectivity index (χ1n) is 10.1. The number of rotatable bonds is 7. The highest BCUT2D eigenvalue weighted by Crippen LogP contribution is 2.26. The number of amides is 1. The molecule has 0 aliphatic carbocycles. The van der Waals surface area contributed by atoms with Gasteiger partial charge in [0.25, 0.3) is 5.91 Å². The number of carbonyl (C=O) groups excluding carboxylic acids is 1. The summed E-state index contributed by atoms with van der Waals surface area (Å²) in [5.74, 6) is 0.837. The molecular weight excluding hydrogens is 459 g/mol. The lowest BCUT2D eigenvalue weighted by Gasteiger charge is -2.09. The normalized spacial score (nSPS) is 11.0. The summed E-state index contributed by atoms with van der Waals surface area (Å²) < 4.78 is 11.2. The molecule has 4 rings (SSSR count). The number of hydrogen-bond donors (Lipinski definition) is 1. The van der Waals surface area contributed by atoms with Crippen LogP contribution >= 0.6 is 23.2 Å². The summed E-state index contributed by atoms with van der Waals surface area (Å²) in [5, 5.41) is 7.01. The fourth-order valence-corrected chi connectivity index (χ4v) is 3.56. The number of hydrogen-bond acceptors (Lipinski definition) is 4. The Balaban J connectivity index is 1.37. The van der Waals surface area contributed by atoms with E-state index in [0.717, 1.165) is 21.9 Å². The molecule has 0 bridgehead atoms. The lowest BCUT2D eigenvalue weighted by atomic mass is 10.1. The zero-order valence-electron chi connectivity index (χ0n) is 17.7. The molecule has 1 N–H and O–H groups in total. The largest absolute Gasteiger partial charge is 0.496 e. The fraction of sp³-hybridized carbons (Fsp3) is 0.0769. The van der Waals surface area contributed by atoms with E-state index in [1.807, 2.05) is 60.7 Å². The van der Waals surface area contributed by atoms with Crippen LogP contribution in [-0.4, -0.2) is 19.2 Å². The molecule has 5 nitrogen and oxygen atoms in total. The topological polar surface area (TPSA) is 59.9 Å². The molecule has 0 spiro atoms. The molecule has 0 saturated heterocycles. The maximum atomic E-state index is 12.6. The monoisotopic (exact) mass is 478 g/mol. The Bertz CT molecular complexity index is 1320. The molecule has 166 valence electrons. The maximum Gasteiger partial charge on any atom is 0.275 e. The Labute approximate surface area is 201 Å². The third-order valence-corrected chi connectivity index (χ3v) is 5.70. The third-order valence-electron chi connectivity index (χ3n) is 4.96. The molecule has 1 amide bonds. The van der Waals surface area contributed by atoms with Crippen LogP contribution in [0.4, 0.5) is 0 Å². The molecule has 0 radical (unpaired) electrons. The lowest BCUT2D eigenvalue weighted by Crippen LogP contribution is -2.18. The van der Waals surface area contributed by atoms with Gasteiger partial charge in [-0.1, -0.05) is 53.5 Å². The number of carbonyl (C=O) groups is 1. The van der Waals surface area contributed by atoms with E-state index < -0.39 is 0 Å². The zero-order valence-corrected chi connectivity index (χ0v) is 19.2. The average Bonchev–Trinajstić information content (AvgIpc) is 2.84. The van der Waals surface area contributed by atoms with Crippen molar-refractivity contribution in [2.75, 3.05) is 7.11 Å². The molecular formula is C26H20Cl2N2O3. The minimum absolute atomic E-state index is 0.351. The highest BCUT2D eigenvalue weighted by atomic mass is 35.5. The third kappa shape index (κ3) is 5.64. The lowest BCUT2D eigenvalue weighted by molar-refractivity contribution is 0.0952. The van der Waals surface area contributed by atoms with Gasteiger partial charge in [-0.3, -0.25) is 4.79 Å². The van der Waals surface area contributed by atoms with Crippen LogP contribution in [0.5, 0.6) is 11.5 Å². The second-order valence-corrected chi connectivity index (χ2v) is 8.02. The molecule has 0 aromatic heterocycles. The fourth-order valence-electron chi connectivity index (χ4n) is 3.24. The van der Waals surface area contributed by atoms with E-state index in [2.05, 4.69) is 10.5 Å². The summed E-state index contributed by atoms with van der Waals surface area (Å²) in [7, 11) is 1.54. The first-order valence-corrected chi connectivity index (χ1v) is 10.9. The number of ether oxygens (including phenoxy) is 2. The smallest absolute Gasteiger partial charge is 0.275 e. The number of hydrazone groups is 1. The van der Waals surface area contributed by atoms with Crippen molar-refractivity contribution < 1.29 is 14.3 Å². The molecule has 0 aliphatic heterocycles. The summed E-state index contributed by atoms with van der Waals surface area (Å²) in [6, 6.07) is 24.1. The van der Waals surface area contributed by atoms with Crippen molar-refractivity contribution in [2.24, 2.45) is 5.10 Å². The molecule has 0 heterocycles. The second-order valence-electron chi connectivity index (χ2n) is 7.20. The van der Waals surface area contributed by atoms with Crippen molar-refractivity contribution in [2.45, 2.75) is 6.61 Å². The van der Waals surface area contributed by atoms with Crippen molar-refractivity contribution in [1.82, 2.24) is 5.43 Å². The second kappa shape index (κ2) is 10.4. The van der Waals surface area contributed by atoms with Gasteiger partial charge >= 0.3 is 0 Å². The first-order chi connectivity index (χ1) is 16.0. The average molecular weight is 479 g/mol. The molecule has 0 aliphatic rings. The predicted molar refractivity (Wildman–Crippen MR) is 133 cm³/mol. The van der Waals surface area contributed by atoms with Gasteiger partial charge in [-0.25, -0.2) is 5.43 Å². The van der Waals surface area contributed by atoms with Crippen LogP contribution in [-0.2, 0) is 6.61 Å². The summed E-state index contributed by atoms with van der Waals surface area (Å²) in [5.41, 5.74) is 4.70. The van der Waals surface area contributed by atoms with Gasteiger partial charge in [-0.05, 0) is 70.4 Å². The van der Waals surface area contributed by atoms with E-state index in [0.29, 0.717) is 33.7 Å². The quantitative estimate of drug-likeness (QED) is 0.243. The molecule has 0 saturated carbocycles. The highest BCUT2D eigenvalue weighted by molar-refractivity contribution is 6.42. The number of fused-ring (bicyclic) bond motifs is 1. The summed E-state index contributed by atoms with van der Waals surface area (Å²) in [6.45, 7) is 0.369. The van der Waals surface area contributed by atoms with Crippen molar-refractivity contribution in [3.05, 3.63) is 106 Å². The molecule has 33 heavy (non-hydrogen) atoms. The maximum absolute atomic E-state index is 12.6. The van der Waals surface area contributed by atoms with Crippen molar-refractivity contribution in [1.29, 1.82) is 0 Å². The van der Waals surface area contributed by atoms with Gasteiger partial charge in [0.1, 0.15) is 18.1 Å². The van der Waals surface area contributed by atoms with Crippen molar-refractivity contribution in [3.8, 4) is 11.5 Å². The number of methoxy groups -OCH3 is 1. The minimum atomic E-state index is -0.351. The van der Waals surface area contributed by atoms with E-state index in [-0.39, 0.29) is 5.91 Å². The number of benzene rings is 4. The Morgan fingerprint density at radius 1 is 0.939 bits per heavy atom. The van der Waals surface area contributed by atoms with Crippen molar-refractivity contribution in [3.63, 3.8) is 0 Å². The predicted octanol–water partition coefficient (Wildman–Crippen LogP) is 6.50. The Morgan fingerprint density at radius 3 is 2.36 bits per heavy atom. The SMILES string of the molecule is COc1cc2ccccc2cc1C(=O)NN=Cc1ccc(OCc2ccc(Cl)c(Cl)c2)cc1. The van der Waals surface area contributed by atoms with E-state index in [1.54, 1.807) is 24.4 Å². The van der Waals surface area contributed by atoms with E-state index in [4.69, 9.17) is 32.7 Å². The first kappa shape index (κ1) is 22.6. The minimum Gasteiger partial charge on any atom is -0.496 e. The van der Waals surface area contributed by atoms with E-state index in [9.17, 15) is 4.79 Å². The van der Waals surface area contributed by atoms with E-state index >= 15 is 0 Å². The molecule has 0 fully saturated rings. The standard InChI is InChI=1S/C26H20Cl2N2O3/c1-32-25-14-20-5-3-2-4-19(20)13-22(25)26(31)30-29-15-17-6-9-21(10-7-17)33-16-18-8-11-23(27)24(28)12-18/h2-15H,16H2,1H3,(H,30,31). The Hall–Kier alpha value is -3.54. The highest BCUT2D eigenvalue weighted by Gasteiger charge is 2.13. The molecule has 7 heteroatoms. The van der Waals surface area contributed by atoms with Crippen LogP contribution in [0.25, 0.3) is 10.8 Å². The Kier molecular flexibility index (Phi) is 7.13. The van der Waals surface area contributed by atoms with Gasteiger partial charge in [0.15, 0.2) is 0 Å². The van der Waals surface area contributed by atoms with Crippen molar-refractivity contribution >= 4 is 46.1 Å². The number of nitrogens with one attached hydrogen (secondary N) is 1. The van der Waals surface area contributed by atoms with E-state index in [1.165, 1.54) is 7.11 Å².